The minimum atomic E-state index is -2.89. The maximum atomic E-state index is 14.6. The Hall–Kier alpha value is -3.91. The van der Waals surface area contributed by atoms with E-state index in [9.17, 15) is 41.5 Å². The van der Waals surface area contributed by atoms with Crippen molar-refractivity contribution in [1.82, 2.24) is 10.6 Å². The van der Waals surface area contributed by atoms with Gasteiger partial charge in [0.05, 0.1) is 6.42 Å². The zero-order valence-corrected chi connectivity index (χ0v) is 18.9. The van der Waals surface area contributed by atoms with Crippen LogP contribution in [0.3, 0.4) is 0 Å². The summed E-state index contributed by atoms with van der Waals surface area (Å²) in [6, 6.07) is -1.78. The van der Waals surface area contributed by atoms with Gasteiger partial charge in [0.25, 0.3) is 6.10 Å². The quantitative estimate of drug-likeness (QED) is 0.0980. The third kappa shape index (κ3) is 8.39. The first-order chi connectivity index (χ1) is 16.8. The lowest BCUT2D eigenvalue weighted by molar-refractivity contribution is -0.159. The Balaban J connectivity index is 3.31. The van der Waals surface area contributed by atoms with Crippen LogP contribution < -0.4 is 15.4 Å². The van der Waals surface area contributed by atoms with Crippen molar-refractivity contribution in [3.05, 3.63) is 28.8 Å². The summed E-state index contributed by atoms with van der Waals surface area (Å²) >= 11 is 0. The number of amides is 2. The normalized spacial score (nSPS) is 11.6. The van der Waals surface area contributed by atoms with E-state index in [0.29, 0.717) is 12.8 Å². The molecule has 15 heteroatoms. The summed E-state index contributed by atoms with van der Waals surface area (Å²) in [5.74, 6) is -18.5. The molecule has 0 spiro atoms. The summed E-state index contributed by atoms with van der Waals surface area (Å²) in [5, 5.41) is 30.6. The predicted molar refractivity (Wildman–Crippen MR) is 111 cm³/mol. The number of rotatable bonds is 15. The van der Waals surface area contributed by atoms with E-state index in [2.05, 4.69) is 15.4 Å². The average Bonchev–Trinajstić information content (AvgIpc) is 2.80. The molecular formula is C21H24F4N2O9. The van der Waals surface area contributed by atoms with Gasteiger partial charge in [-0.15, -0.1) is 0 Å². The minimum Gasteiger partial charge on any atom is -0.481 e. The molecule has 11 nitrogen and oxygen atoms in total. The summed E-state index contributed by atoms with van der Waals surface area (Å²) in [6.07, 6.45) is -3.26. The first kappa shape index (κ1) is 30.1. The molecule has 0 aliphatic rings. The first-order valence-corrected chi connectivity index (χ1v) is 10.6. The maximum Gasteiger partial charge on any atom is 0.356 e. The van der Waals surface area contributed by atoms with Crippen molar-refractivity contribution in [3.8, 4) is 5.75 Å². The standard InChI is InChI=1S/C21H24F4N2O9/c1-2-3-4-7-26-19(31)10(27-11(28)5-6-12(29)30)8-9-13(22)15(24)17(16(25)14(9)23)36-18(20(32)33)21(34)35/h10,18H,2-8H2,1H3,(H,26,31)(H,27,28)(H,29,30)(H,32,33)(H,34,35)/t10-/m0/s1. The highest BCUT2D eigenvalue weighted by atomic mass is 19.2. The number of aliphatic carboxylic acids is 3. The van der Waals surface area contributed by atoms with E-state index in [1.807, 2.05) is 6.92 Å². The van der Waals surface area contributed by atoms with Crippen LogP contribution in [0.2, 0.25) is 0 Å². The van der Waals surface area contributed by atoms with E-state index < -0.39 is 95.7 Å². The van der Waals surface area contributed by atoms with Gasteiger partial charge >= 0.3 is 17.9 Å². The highest BCUT2D eigenvalue weighted by molar-refractivity contribution is 5.96. The number of nitrogens with one attached hydrogen (secondary N) is 2. The van der Waals surface area contributed by atoms with Crippen LogP contribution in [0.15, 0.2) is 0 Å². The predicted octanol–water partition coefficient (Wildman–Crippen LogP) is 1.36. The second-order valence-electron chi connectivity index (χ2n) is 7.45. The van der Waals surface area contributed by atoms with Crippen molar-refractivity contribution in [2.45, 2.75) is 57.6 Å². The lowest BCUT2D eigenvalue weighted by Gasteiger charge is -2.20. The number of carbonyl (C=O) groups is 5. The number of carbonyl (C=O) groups excluding carboxylic acids is 2. The van der Waals surface area contributed by atoms with E-state index in [1.54, 1.807) is 0 Å². The van der Waals surface area contributed by atoms with Crippen LogP contribution in [-0.4, -0.2) is 63.7 Å². The zero-order valence-electron chi connectivity index (χ0n) is 18.9. The average molecular weight is 524 g/mol. The molecule has 0 saturated carbocycles. The van der Waals surface area contributed by atoms with Crippen molar-refractivity contribution in [3.63, 3.8) is 0 Å². The molecule has 36 heavy (non-hydrogen) atoms. The Morgan fingerprint density at radius 2 is 1.42 bits per heavy atom. The number of ether oxygens (including phenoxy) is 1. The van der Waals surface area contributed by atoms with Crippen LogP contribution in [0, 0.1) is 23.3 Å². The Kier molecular flexibility index (Phi) is 11.6. The van der Waals surface area contributed by atoms with E-state index >= 15 is 0 Å². The summed E-state index contributed by atoms with van der Waals surface area (Å²) < 4.78 is 62.3. The van der Waals surface area contributed by atoms with Crippen molar-refractivity contribution < 1.29 is 61.6 Å². The van der Waals surface area contributed by atoms with Crippen LogP contribution in [-0.2, 0) is 30.4 Å². The third-order valence-corrected chi connectivity index (χ3v) is 4.70. The highest BCUT2D eigenvalue weighted by Crippen LogP contribution is 2.31. The Bertz CT molecular complexity index is 977. The maximum absolute atomic E-state index is 14.6. The van der Waals surface area contributed by atoms with Crippen molar-refractivity contribution in [2.75, 3.05) is 6.54 Å². The van der Waals surface area contributed by atoms with Gasteiger partial charge < -0.3 is 30.7 Å². The van der Waals surface area contributed by atoms with Gasteiger partial charge in [-0.25, -0.2) is 18.4 Å². The lowest BCUT2D eigenvalue weighted by atomic mass is 10.0. The number of carboxylic acids is 3. The van der Waals surface area contributed by atoms with Gasteiger partial charge in [-0.3, -0.25) is 14.4 Å². The number of hydrogen-bond acceptors (Lipinski definition) is 6. The topological polar surface area (TPSA) is 179 Å². The van der Waals surface area contributed by atoms with Crippen molar-refractivity contribution in [1.29, 1.82) is 0 Å². The van der Waals surface area contributed by atoms with Gasteiger partial charge in [0.1, 0.15) is 6.04 Å². The van der Waals surface area contributed by atoms with Gasteiger partial charge in [0.15, 0.2) is 17.4 Å². The fraction of sp³-hybridized carbons (Fsp3) is 0.476. The second-order valence-corrected chi connectivity index (χ2v) is 7.45. The molecule has 200 valence electrons. The van der Waals surface area contributed by atoms with Crippen LogP contribution in [0.25, 0.3) is 0 Å². The SMILES string of the molecule is CCCCCNC(=O)[C@H](Cc1c(F)c(F)c(OC(C(=O)O)C(=O)O)c(F)c1F)NC(=O)CCC(=O)O. The van der Waals surface area contributed by atoms with Gasteiger partial charge in [0, 0.05) is 24.9 Å². The van der Waals surface area contributed by atoms with Gasteiger partial charge in [-0.1, -0.05) is 19.8 Å². The van der Waals surface area contributed by atoms with E-state index in [1.165, 1.54) is 0 Å². The van der Waals surface area contributed by atoms with Gasteiger partial charge in [-0.05, 0) is 6.42 Å². The molecule has 1 aromatic rings. The number of halogens is 4. The van der Waals surface area contributed by atoms with Gasteiger partial charge in [-0.2, -0.15) is 8.78 Å². The fourth-order valence-electron chi connectivity index (χ4n) is 2.87. The van der Waals surface area contributed by atoms with Crippen LogP contribution >= 0.6 is 0 Å². The molecule has 0 heterocycles. The molecule has 2 amide bonds. The van der Waals surface area contributed by atoms with Crippen molar-refractivity contribution in [2.24, 2.45) is 0 Å². The molecule has 0 aliphatic heterocycles. The molecule has 0 aliphatic carbocycles. The van der Waals surface area contributed by atoms with Gasteiger partial charge in [0.2, 0.25) is 23.4 Å². The van der Waals surface area contributed by atoms with E-state index in [4.69, 9.17) is 15.3 Å². The number of carboxylic acid groups (broad SMARTS) is 3. The molecule has 0 radical (unpaired) electrons. The Labute approximate surface area is 201 Å². The molecule has 0 aromatic heterocycles. The lowest BCUT2D eigenvalue weighted by Crippen LogP contribution is -2.48. The summed E-state index contributed by atoms with van der Waals surface area (Å²) in [5.41, 5.74) is -1.37. The smallest absolute Gasteiger partial charge is 0.356 e. The molecule has 0 unspecified atom stereocenters. The monoisotopic (exact) mass is 524 g/mol. The molecule has 0 saturated heterocycles. The largest absolute Gasteiger partial charge is 0.481 e. The number of unbranched alkanes of at least 4 members (excludes halogenated alkanes) is 2. The van der Waals surface area contributed by atoms with E-state index in [-0.39, 0.29) is 6.54 Å². The second kappa shape index (κ2) is 13.8. The summed E-state index contributed by atoms with van der Waals surface area (Å²) in [6.45, 7) is 1.98. The summed E-state index contributed by atoms with van der Waals surface area (Å²) in [4.78, 5) is 57.0. The minimum absolute atomic E-state index is 0.0976. The third-order valence-electron chi connectivity index (χ3n) is 4.70. The zero-order chi connectivity index (χ0) is 27.6. The van der Waals surface area contributed by atoms with Crippen LogP contribution in [0.5, 0.6) is 5.75 Å². The molecular weight excluding hydrogens is 500 g/mol. The van der Waals surface area contributed by atoms with Crippen LogP contribution in [0.1, 0.15) is 44.6 Å². The van der Waals surface area contributed by atoms with E-state index in [0.717, 1.165) is 6.42 Å². The molecule has 1 rings (SSSR count). The van der Waals surface area contributed by atoms with Crippen LogP contribution in [0.4, 0.5) is 17.6 Å². The molecule has 5 N–H and O–H groups in total. The molecule has 1 atom stereocenters. The Morgan fingerprint density at radius 1 is 0.861 bits per heavy atom. The summed E-state index contributed by atoms with van der Waals surface area (Å²) in [7, 11) is 0. The van der Waals surface area contributed by atoms with Crippen molar-refractivity contribution >= 4 is 29.7 Å². The number of benzene rings is 1. The molecule has 0 bridgehead atoms. The highest BCUT2D eigenvalue weighted by Gasteiger charge is 2.35. The molecule has 1 aromatic carbocycles. The Morgan fingerprint density at radius 3 is 1.89 bits per heavy atom. The fourth-order valence-corrected chi connectivity index (χ4v) is 2.87. The number of hydrogen-bond donors (Lipinski definition) is 5. The molecule has 0 fully saturated rings. The first-order valence-electron chi connectivity index (χ1n) is 10.6.